The predicted molar refractivity (Wildman–Crippen MR) is 137 cm³/mol. The van der Waals surface area contributed by atoms with Gasteiger partial charge in [-0.2, -0.15) is 4.68 Å². The molecule has 0 radical (unpaired) electrons. The van der Waals surface area contributed by atoms with Gasteiger partial charge in [-0.3, -0.25) is 0 Å². The summed E-state index contributed by atoms with van der Waals surface area (Å²) in [5.41, 5.74) is 3.84. The molecule has 3 aromatic rings. The molecule has 0 fully saturated rings. The van der Waals surface area contributed by atoms with Crippen LogP contribution < -0.4 is 0 Å². The number of hydrogen-bond acceptors (Lipinski definition) is 3. The Morgan fingerprint density at radius 2 is 1.38 bits per heavy atom. The summed E-state index contributed by atoms with van der Waals surface area (Å²) < 4.78 is 1.57. The lowest BCUT2D eigenvalue weighted by molar-refractivity contribution is 0.544. The van der Waals surface area contributed by atoms with Crippen molar-refractivity contribution in [1.29, 1.82) is 0 Å². The van der Waals surface area contributed by atoms with Crippen molar-refractivity contribution in [2.45, 2.75) is 90.4 Å². The maximum atomic E-state index is 6.40. The molecule has 0 bridgehead atoms. The van der Waals surface area contributed by atoms with E-state index in [1.54, 1.807) is 4.68 Å². The molecule has 172 valence electrons. The molecule has 32 heavy (non-hydrogen) atoms. The molecule has 0 aliphatic heterocycles. The Morgan fingerprint density at radius 3 is 2.03 bits per heavy atom. The van der Waals surface area contributed by atoms with Gasteiger partial charge in [0.2, 0.25) is 5.29 Å². The fourth-order valence-electron chi connectivity index (χ4n) is 4.07. The van der Waals surface area contributed by atoms with Crippen molar-refractivity contribution in [3.63, 3.8) is 0 Å². The molecule has 0 amide bonds. The number of rotatable bonds is 14. The zero-order valence-corrected chi connectivity index (χ0v) is 20.2. The second-order valence-corrected chi connectivity index (χ2v) is 9.01. The molecule has 0 aliphatic rings. The second kappa shape index (κ2) is 14.1. The minimum Gasteiger partial charge on any atom is -0.218 e. The third-order valence-electron chi connectivity index (χ3n) is 6.00. The Hall–Kier alpha value is -2.20. The molecule has 1 aromatic heterocycles. The number of unbranched alkanes of at least 4 members (excludes halogenated alkanes) is 11. The quantitative estimate of drug-likeness (QED) is 0.140. The zero-order chi connectivity index (χ0) is 22.4. The number of hydrogen-bond donors (Lipinski definition) is 0. The summed E-state index contributed by atoms with van der Waals surface area (Å²) in [6.45, 7) is 2.28. The van der Waals surface area contributed by atoms with Gasteiger partial charge in [0.1, 0.15) is 5.52 Å². The fourth-order valence-corrected chi connectivity index (χ4v) is 4.29. The number of para-hydroxylation sites is 1. The zero-order valence-electron chi connectivity index (χ0n) is 19.5. The summed E-state index contributed by atoms with van der Waals surface area (Å²) in [5, 5.41) is 8.53. The summed E-state index contributed by atoms with van der Waals surface area (Å²) in [4.78, 5) is 4.50. The van der Waals surface area contributed by atoms with Crippen LogP contribution in [0.3, 0.4) is 0 Å². The van der Waals surface area contributed by atoms with E-state index in [2.05, 4.69) is 34.4 Å². The molecule has 0 unspecified atom stereocenters. The van der Waals surface area contributed by atoms with E-state index >= 15 is 0 Å². The van der Waals surface area contributed by atoms with Gasteiger partial charge in [-0.15, -0.1) is 5.10 Å². The molecule has 5 heteroatoms. The third-order valence-corrected chi connectivity index (χ3v) is 6.25. The molecule has 0 spiro atoms. The number of benzene rings is 2. The topological polar surface area (TPSA) is 43.1 Å². The van der Waals surface area contributed by atoms with Gasteiger partial charge in [0.05, 0.1) is 11.2 Å². The lowest BCUT2D eigenvalue weighted by atomic mass is 10.0. The monoisotopic (exact) mass is 452 g/mol. The van der Waals surface area contributed by atoms with E-state index in [-0.39, 0.29) is 0 Å². The van der Waals surface area contributed by atoms with Crippen LogP contribution in [-0.4, -0.2) is 20.3 Å². The van der Waals surface area contributed by atoms with Gasteiger partial charge in [0.15, 0.2) is 0 Å². The van der Waals surface area contributed by atoms with Crippen LogP contribution in [0.1, 0.15) is 89.5 Å². The van der Waals surface area contributed by atoms with Crippen molar-refractivity contribution < 1.29 is 0 Å². The van der Waals surface area contributed by atoms with E-state index in [9.17, 15) is 0 Å². The summed E-state index contributed by atoms with van der Waals surface area (Å²) in [6.07, 6.45) is 17.7. The number of halogens is 1. The predicted octanol–water partition coefficient (Wildman–Crippen LogP) is 8.45. The van der Waals surface area contributed by atoms with Crippen molar-refractivity contribution in [3.05, 3.63) is 54.1 Å². The SMILES string of the molecule is CCCCCCCCCCCCCCc1ccc(N=C(Cl)n2nnc3ccccc32)cc1. The van der Waals surface area contributed by atoms with Crippen LogP contribution in [0.15, 0.2) is 53.5 Å². The lowest BCUT2D eigenvalue weighted by Gasteiger charge is -2.04. The first-order valence-electron chi connectivity index (χ1n) is 12.4. The van der Waals surface area contributed by atoms with Crippen molar-refractivity contribution in [3.8, 4) is 0 Å². The van der Waals surface area contributed by atoms with Crippen molar-refractivity contribution >= 4 is 33.6 Å². The molecular weight excluding hydrogens is 416 g/mol. The van der Waals surface area contributed by atoms with Crippen LogP contribution in [-0.2, 0) is 6.42 Å². The molecule has 1 heterocycles. The molecule has 3 rings (SSSR count). The highest BCUT2D eigenvalue weighted by Crippen LogP contribution is 2.19. The lowest BCUT2D eigenvalue weighted by Crippen LogP contribution is -2.06. The van der Waals surface area contributed by atoms with E-state index in [1.165, 1.54) is 82.6 Å². The highest BCUT2D eigenvalue weighted by Gasteiger charge is 2.07. The Bertz CT molecular complexity index is 946. The number of nitrogens with zero attached hydrogens (tertiary/aromatic N) is 4. The highest BCUT2D eigenvalue weighted by atomic mass is 35.5. The standard InChI is InChI=1S/C27H37ClN4/c1-2-3-4-5-6-7-8-9-10-11-12-13-16-23-19-21-24(22-20-23)29-27(28)32-26-18-15-14-17-25(26)30-31-32/h14-15,17-22H,2-13,16H2,1H3. The van der Waals surface area contributed by atoms with E-state index in [4.69, 9.17) is 11.6 Å². The maximum absolute atomic E-state index is 6.40. The summed E-state index contributed by atoms with van der Waals surface area (Å²) in [5.74, 6) is 0. The third kappa shape index (κ3) is 8.05. The fraction of sp³-hybridized carbons (Fsp3) is 0.519. The average molecular weight is 453 g/mol. The Balaban J connectivity index is 1.32. The molecule has 0 saturated carbocycles. The molecule has 0 aliphatic carbocycles. The largest absolute Gasteiger partial charge is 0.226 e. The van der Waals surface area contributed by atoms with Crippen molar-refractivity contribution in [2.75, 3.05) is 0 Å². The van der Waals surface area contributed by atoms with Gasteiger partial charge >= 0.3 is 0 Å². The van der Waals surface area contributed by atoms with Crippen molar-refractivity contribution in [1.82, 2.24) is 15.0 Å². The Morgan fingerprint density at radius 1 is 0.781 bits per heavy atom. The van der Waals surface area contributed by atoms with Gasteiger partial charge in [-0.25, -0.2) is 4.99 Å². The molecule has 2 aromatic carbocycles. The van der Waals surface area contributed by atoms with E-state index < -0.39 is 0 Å². The van der Waals surface area contributed by atoms with Gasteiger partial charge in [-0.1, -0.05) is 107 Å². The summed E-state index contributed by atoms with van der Waals surface area (Å²) >= 11 is 6.40. The minimum absolute atomic E-state index is 0.299. The number of fused-ring (bicyclic) bond motifs is 1. The molecule has 0 saturated heterocycles. The van der Waals surface area contributed by atoms with Crippen LogP contribution >= 0.6 is 11.6 Å². The average Bonchev–Trinajstić information content (AvgIpc) is 3.25. The molecular formula is C27H37ClN4. The smallest absolute Gasteiger partial charge is 0.218 e. The van der Waals surface area contributed by atoms with Gasteiger partial charge < -0.3 is 0 Å². The van der Waals surface area contributed by atoms with Gasteiger partial charge in [-0.05, 0) is 54.3 Å². The van der Waals surface area contributed by atoms with Crippen LogP contribution in [0.4, 0.5) is 5.69 Å². The van der Waals surface area contributed by atoms with Gasteiger partial charge in [0, 0.05) is 0 Å². The van der Waals surface area contributed by atoms with Crippen LogP contribution in [0.25, 0.3) is 11.0 Å². The minimum atomic E-state index is 0.299. The van der Waals surface area contributed by atoms with Gasteiger partial charge in [0.25, 0.3) is 0 Å². The first kappa shape index (κ1) is 24.4. The summed E-state index contributed by atoms with van der Waals surface area (Å²) in [6, 6.07) is 16.1. The van der Waals surface area contributed by atoms with E-state index in [0.29, 0.717) is 5.29 Å². The first-order chi connectivity index (χ1) is 15.8. The maximum Gasteiger partial charge on any atom is 0.226 e. The van der Waals surface area contributed by atoms with Crippen LogP contribution in [0, 0.1) is 0 Å². The number of aromatic nitrogens is 3. The molecule has 0 atom stereocenters. The Labute approximate surface area is 198 Å². The van der Waals surface area contributed by atoms with E-state index in [1.807, 2.05) is 36.4 Å². The number of aliphatic imine (C=N–C) groups is 1. The normalized spacial score (nSPS) is 12.0. The molecule has 4 nitrogen and oxygen atoms in total. The molecule has 0 N–H and O–H groups in total. The highest BCUT2D eigenvalue weighted by molar-refractivity contribution is 6.65. The first-order valence-corrected chi connectivity index (χ1v) is 12.8. The van der Waals surface area contributed by atoms with Crippen LogP contribution in [0.2, 0.25) is 0 Å². The Kier molecular flexibility index (Phi) is 10.7. The van der Waals surface area contributed by atoms with Crippen molar-refractivity contribution in [2.24, 2.45) is 4.99 Å². The second-order valence-electron chi connectivity index (χ2n) is 8.68. The van der Waals surface area contributed by atoms with Crippen LogP contribution in [0.5, 0.6) is 0 Å². The summed E-state index contributed by atoms with van der Waals surface area (Å²) in [7, 11) is 0. The number of aryl methyl sites for hydroxylation is 1. The van der Waals surface area contributed by atoms with E-state index in [0.717, 1.165) is 23.1 Å².